The van der Waals surface area contributed by atoms with Crippen molar-refractivity contribution in [2.24, 2.45) is 11.7 Å². The number of hydrogen-bond donors (Lipinski definition) is 2. The molecule has 1 aliphatic rings. The van der Waals surface area contributed by atoms with Crippen LogP contribution >= 0.6 is 0 Å². The van der Waals surface area contributed by atoms with Crippen molar-refractivity contribution in [3.05, 3.63) is 0 Å². The highest BCUT2D eigenvalue weighted by Gasteiger charge is 2.24. The van der Waals surface area contributed by atoms with Crippen LogP contribution in [-0.2, 0) is 10.2 Å². The minimum absolute atomic E-state index is 0.253. The van der Waals surface area contributed by atoms with Gasteiger partial charge in [0.05, 0.1) is 0 Å². The third-order valence-corrected chi connectivity index (χ3v) is 4.91. The number of rotatable bonds is 6. The minimum Gasteiger partial charge on any atom is -0.328 e. The van der Waals surface area contributed by atoms with Crippen LogP contribution in [-0.4, -0.2) is 38.4 Å². The molecule has 1 aliphatic carbocycles. The van der Waals surface area contributed by atoms with E-state index in [4.69, 9.17) is 5.73 Å². The Morgan fingerprint density at radius 1 is 1.31 bits per heavy atom. The van der Waals surface area contributed by atoms with E-state index >= 15 is 0 Å². The van der Waals surface area contributed by atoms with Crippen LogP contribution in [0, 0.1) is 5.92 Å². The van der Waals surface area contributed by atoms with Crippen LogP contribution in [0.15, 0.2) is 0 Å². The Bertz CT molecular complexity index is 301. The SMILES string of the molecule is CCN(CC)S(=O)(=O)NCC1CCC(N)C1. The number of nitrogens with two attached hydrogens (primary N) is 1. The van der Waals surface area contributed by atoms with Crippen molar-refractivity contribution < 1.29 is 8.42 Å². The normalized spacial score (nSPS) is 26.5. The summed E-state index contributed by atoms with van der Waals surface area (Å²) in [5.74, 6) is 0.403. The quantitative estimate of drug-likeness (QED) is 0.710. The fraction of sp³-hybridized carbons (Fsp3) is 1.00. The van der Waals surface area contributed by atoms with Crippen LogP contribution in [0.2, 0.25) is 0 Å². The summed E-state index contributed by atoms with van der Waals surface area (Å²) in [6, 6.07) is 0.253. The van der Waals surface area contributed by atoms with Gasteiger partial charge in [0.15, 0.2) is 0 Å². The third kappa shape index (κ3) is 3.69. The molecule has 1 rings (SSSR count). The molecule has 0 heterocycles. The summed E-state index contributed by atoms with van der Waals surface area (Å²) < 4.78 is 27.7. The van der Waals surface area contributed by atoms with E-state index in [-0.39, 0.29) is 6.04 Å². The van der Waals surface area contributed by atoms with Gasteiger partial charge in [0.2, 0.25) is 0 Å². The van der Waals surface area contributed by atoms with Crippen LogP contribution in [0.3, 0.4) is 0 Å². The molecule has 6 heteroatoms. The van der Waals surface area contributed by atoms with Gasteiger partial charge < -0.3 is 5.73 Å². The van der Waals surface area contributed by atoms with Gasteiger partial charge in [-0.1, -0.05) is 13.8 Å². The first-order valence-electron chi connectivity index (χ1n) is 5.99. The lowest BCUT2D eigenvalue weighted by molar-refractivity contribution is 0.425. The summed E-state index contributed by atoms with van der Waals surface area (Å²) in [5.41, 5.74) is 5.79. The van der Waals surface area contributed by atoms with E-state index < -0.39 is 10.2 Å². The molecule has 0 aromatic rings. The Kier molecular flexibility index (Phi) is 5.17. The van der Waals surface area contributed by atoms with Crippen LogP contribution in [0.1, 0.15) is 33.1 Å². The van der Waals surface area contributed by atoms with Crippen molar-refractivity contribution in [2.75, 3.05) is 19.6 Å². The fourth-order valence-corrected chi connectivity index (χ4v) is 3.49. The maximum absolute atomic E-state index is 11.8. The molecule has 3 N–H and O–H groups in total. The molecule has 0 amide bonds. The van der Waals surface area contributed by atoms with Gasteiger partial charge in [-0.25, -0.2) is 4.72 Å². The van der Waals surface area contributed by atoms with Gasteiger partial charge in [-0.15, -0.1) is 0 Å². The summed E-state index contributed by atoms with van der Waals surface area (Å²) in [6.07, 6.45) is 2.97. The summed E-state index contributed by atoms with van der Waals surface area (Å²) >= 11 is 0. The van der Waals surface area contributed by atoms with Gasteiger partial charge in [0, 0.05) is 25.7 Å². The monoisotopic (exact) mass is 249 g/mol. The fourth-order valence-electron chi connectivity index (χ4n) is 2.18. The second-order valence-corrected chi connectivity index (χ2v) is 6.13. The molecule has 0 aliphatic heterocycles. The molecule has 0 saturated heterocycles. The van der Waals surface area contributed by atoms with E-state index in [9.17, 15) is 8.42 Å². The van der Waals surface area contributed by atoms with Crippen LogP contribution in [0.25, 0.3) is 0 Å². The minimum atomic E-state index is -3.28. The lowest BCUT2D eigenvalue weighted by Crippen LogP contribution is -2.42. The molecule has 0 aromatic heterocycles. The lowest BCUT2D eigenvalue weighted by Gasteiger charge is -2.20. The van der Waals surface area contributed by atoms with Crippen LogP contribution in [0.4, 0.5) is 0 Å². The predicted molar refractivity (Wildman–Crippen MR) is 65.2 cm³/mol. The average Bonchev–Trinajstić information content (AvgIpc) is 2.63. The van der Waals surface area contributed by atoms with E-state index in [0.29, 0.717) is 25.6 Å². The number of hydrogen-bond acceptors (Lipinski definition) is 3. The zero-order valence-corrected chi connectivity index (χ0v) is 11.0. The maximum atomic E-state index is 11.8. The van der Waals surface area contributed by atoms with Crippen molar-refractivity contribution in [1.82, 2.24) is 9.03 Å². The molecule has 2 atom stereocenters. The Morgan fingerprint density at radius 3 is 2.38 bits per heavy atom. The summed E-state index contributed by atoms with van der Waals surface area (Å²) in [5, 5.41) is 0. The zero-order chi connectivity index (χ0) is 12.2. The van der Waals surface area contributed by atoms with Gasteiger partial charge in [-0.2, -0.15) is 12.7 Å². The first-order valence-corrected chi connectivity index (χ1v) is 7.43. The summed E-state index contributed by atoms with van der Waals surface area (Å²) in [4.78, 5) is 0. The van der Waals surface area contributed by atoms with E-state index in [0.717, 1.165) is 19.3 Å². The van der Waals surface area contributed by atoms with Gasteiger partial charge in [-0.3, -0.25) is 0 Å². The Hall–Kier alpha value is -0.170. The molecular formula is C10H23N3O2S. The molecule has 1 fully saturated rings. The van der Waals surface area contributed by atoms with Crippen molar-refractivity contribution in [1.29, 1.82) is 0 Å². The van der Waals surface area contributed by atoms with Crippen LogP contribution in [0.5, 0.6) is 0 Å². The summed E-state index contributed by atoms with van der Waals surface area (Å²) in [6.45, 7) is 5.22. The molecule has 96 valence electrons. The first kappa shape index (κ1) is 13.9. The van der Waals surface area contributed by atoms with E-state index in [1.165, 1.54) is 4.31 Å². The molecule has 0 radical (unpaired) electrons. The van der Waals surface area contributed by atoms with Gasteiger partial charge in [-0.05, 0) is 25.2 Å². The topological polar surface area (TPSA) is 75.4 Å². The average molecular weight is 249 g/mol. The lowest BCUT2D eigenvalue weighted by atomic mass is 10.1. The van der Waals surface area contributed by atoms with E-state index in [1.54, 1.807) is 0 Å². The molecule has 0 aromatic carbocycles. The van der Waals surface area contributed by atoms with Crippen LogP contribution < -0.4 is 10.5 Å². The van der Waals surface area contributed by atoms with Crippen molar-refractivity contribution in [2.45, 2.75) is 39.2 Å². The Balaban J connectivity index is 2.41. The summed E-state index contributed by atoms with van der Waals surface area (Å²) in [7, 11) is -3.28. The molecule has 2 unspecified atom stereocenters. The predicted octanol–water partition coefficient (Wildman–Crippen LogP) is 0.290. The highest BCUT2D eigenvalue weighted by Crippen LogP contribution is 2.23. The highest BCUT2D eigenvalue weighted by atomic mass is 32.2. The second-order valence-electron chi connectivity index (χ2n) is 4.38. The third-order valence-electron chi connectivity index (χ3n) is 3.18. The number of nitrogens with one attached hydrogen (secondary N) is 1. The molecular weight excluding hydrogens is 226 g/mol. The number of nitrogens with zero attached hydrogens (tertiary/aromatic N) is 1. The molecule has 0 bridgehead atoms. The highest BCUT2D eigenvalue weighted by molar-refractivity contribution is 7.87. The Morgan fingerprint density at radius 2 is 1.94 bits per heavy atom. The molecule has 16 heavy (non-hydrogen) atoms. The first-order chi connectivity index (χ1) is 7.49. The zero-order valence-electron chi connectivity index (χ0n) is 10.1. The Labute approximate surface area is 98.6 Å². The molecule has 1 saturated carbocycles. The van der Waals surface area contributed by atoms with Crippen molar-refractivity contribution in [3.63, 3.8) is 0 Å². The van der Waals surface area contributed by atoms with Gasteiger partial charge in [0.25, 0.3) is 10.2 Å². The standard InChI is InChI=1S/C10H23N3O2S/c1-3-13(4-2)16(14,15)12-8-9-5-6-10(11)7-9/h9-10,12H,3-8,11H2,1-2H3. The second kappa shape index (κ2) is 5.95. The van der Waals surface area contributed by atoms with Crippen molar-refractivity contribution in [3.8, 4) is 0 Å². The van der Waals surface area contributed by atoms with E-state index in [1.807, 2.05) is 13.8 Å². The van der Waals surface area contributed by atoms with Crippen molar-refractivity contribution >= 4 is 10.2 Å². The molecule has 0 spiro atoms. The maximum Gasteiger partial charge on any atom is 0.279 e. The molecule has 5 nitrogen and oxygen atoms in total. The van der Waals surface area contributed by atoms with Gasteiger partial charge in [0.1, 0.15) is 0 Å². The smallest absolute Gasteiger partial charge is 0.279 e. The van der Waals surface area contributed by atoms with E-state index in [2.05, 4.69) is 4.72 Å². The van der Waals surface area contributed by atoms with Gasteiger partial charge >= 0.3 is 0 Å². The largest absolute Gasteiger partial charge is 0.328 e.